The molecule has 0 saturated carbocycles. The second-order valence-corrected chi connectivity index (χ2v) is 7.56. The van der Waals surface area contributed by atoms with Gasteiger partial charge in [0.1, 0.15) is 11.6 Å². The number of hydrogen-bond donors (Lipinski definition) is 0. The first-order valence-electron chi connectivity index (χ1n) is 9.00. The average molecular weight is 359 g/mol. The Labute approximate surface area is 153 Å². The van der Waals surface area contributed by atoms with E-state index in [0.717, 1.165) is 61.1 Å². The Hall–Kier alpha value is -1.95. The van der Waals surface area contributed by atoms with Gasteiger partial charge in [0.25, 0.3) is 5.91 Å². The number of nitrogens with zero attached hydrogens (tertiary/aromatic N) is 4. The van der Waals surface area contributed by atoms with Gasteiger partial charge in [-0.25, -0.2) is 9.97 Å². The lowest BCUT2D eigenvalue weighted by Crippen LogP contribution is -2.47. The van der Waals surface area contributed by atoms with Crippen LogP contribution < -0.4 is 4.90 Å². The molecule has 0 radical (unpaired) electrons. The van der Waals surface area contributed by atoms with Crippen molar-refractivity contribution in [3.63, 3.8) is 0 Å². The number of hydrogen-bond acceptors (Lipinski definition) is 5. The quantitative estimate of drug-likeness (QED) is 0.818. The summed E-state index contributed by atoms with van der Waals surface area (Å²) in [5.74, 6) is 2.01. The Morgan fingerprint density at radius 3 is 2.68 bits per heavy atom. The molecule has 1 aliphatic heterocycles. The highest BCUT2D eigenvalue weighted by molar-refractivity contribution is 7.12. The normalized spacial score (nSPS) is 15.4. The molecule has 134 valence electrons. The summed E-state index contributed by atoms with van der Waals surface area (Å²) in [5, 5.41) is 1.97. The second kappa shape index (κ2) is 7.95. The van der Waals surface area contributed by atoms with Crippen LogP contribution in [0, 0.1) is 13.8 Å². The maximum atomic E-state index is 12.8. The smallest absolute Gasteiger partial charge is 0.264 e. The third kappa shape index (κ3) is 4.18. The lowest BCUT2D eigenvalue weighted by molar-refractivity contribution is 0.0655. The molecule has 0 N–H and O–H groups in total. The third-order valence-electron chi connectivity index (χ3n) is 4.64. The molecule has 0 unspecified atom stereocenters. The van der Waals surface area contributed by atoms with E-state index >= 15 is 0 Å². The van der Waals surface area contributed by atoms with E-state index in [-0.39, 0.29) is 5.91 Å². The number of aromatic nitrogens is 2. The van der Waals surface area contributed by atoms with E-state index in [9.17, 15) is 4.79 Å². The van der Waals surface area contributed by atoms with Crippen molar-refractivity contribution in [1.82, 2.24) is 14.9 Å². The largest absolute Gasteiger partial charge is 0.356 e. The number of piperidine rings is 1. The Balaban J connectivity index is 1.68. The van der Waals surface area contributed by atoms with E-state index < -0.39 is 0 Å². The van der Waals surface area contributed by atoms with E-state index in [1.807, 2.05) is 37.4 Å². The summed E-state index contributed by atoms with van der Waals surface area (Å²) < 4.78 is 0. The first kappa shape index (κ1) is 17.9. The van der Waals surface area contributed by atoms with Gasteiger partial charge in [-0.15, -0.1) is 11.3 Å². The highest BCUT2D eigenvalue weighted by Gasteiger charge is 2.29. The number of rotatable bonds is 5. The fourth-order valence-corrected chi connectivity index (χ4v) is 4.18. The van der Waals surface area contributed by atoms with Crippen LogP contribution in [0.2, 0.25) is 0 Å². The van der Waals surface area contributed by atoms with Crippen LogP contribution in [0.3, 0.4) is 0 Å². The van der Waals surface area contributed by atoms with Gasteiger partial charge in [-0.2, -0.15) is 0 Å². The lowest BCUT2D eigenvalue weighted by atomic mass is 10.0. The molecule has 25 heavy (non-hydrogen) atoms. The maximum Gasteiger partial charge on any atom is 0.264 e. The molecule has 2 aromatic rings. The average Bonchev–Trinajstić information content (AvgIpc) is 3.13. The third-order valence-corrected chi connectivity index (χ3v) is 5.50. The van der Waals surface area contributed by atoms with Crippen LogP contribution in [0.5, 0.6) is 0 Å². The van der Waals surface area contributed by atoms with E-state index in [1.54, 1.807) is 0 Å². The van der Waals surface area contributed by atoms with Crippen molar-refractivity contribution >= 4 is 23.1 Å². The van der Waals surface area contributed by atoms with Crippen LogP contribution in [0.15, 0.2) is 23.6 Å². The lowest BCUT2D eigenvalue weighted by Gasteiger charge is -2.39. The first-order chi connectivity index (χ1) is 12.1. The topological polar surface area (TPSA) is 49.3 Å². The van der Waals surface area contributed by atoms with Gasteiger partial charge in [0.05, 0.1) is 4.88 Å². The molecular weight excluding hydrogens is 332 g/mol. The van der Waals surface area contributed by atoms with Crippen molar-refractivity contribution < 1.29 is 4.79 Å². The van der Waals surface area contributed by atoms with E-state index in [1.165, 1.54) is 11.3 Å². The van der Waals surface area contributed by atoms with Crippen LogP contribution in [0.25, 0.3) is 0 Å². The maximum absolute atomic E-state index is 12.8. The molecule has 1 amide bonds. The van der Waals surface area contributed by atoms with Gasteiger partial charge in [-0.05, 0) is 44.6 Å². The summed E-state index contributed by atoms with van der Waals surface area (Å²) in [7, 11) is 0. The van der Waals surface area contributed by atoms with E-state index in [2.05, 4.69) is 26.7 Å². The molecule has 3 rings (SSSR count). The van der Waals surface area contributed by atoms with Gasteiger partial charge in [0.2, 0.25) is 0 Å². The SMILES string of the molecule is CCCN(C(=O)c1cccs1)C1CCN(c2cc(C)nc(C)n2)CC1. The van der Waals surface area contributed by atoms with Gasteiger partial charge in [0, 0.05) is 37.4 Å². The van der Waals surface area contributed by atoms with Gasteiger partial charge in [0.15, 0.2) is 0 Å². The Morgan fingerprint density at radius 2 is 2.08 bits per heavy atom. The van der Waals surface area contributed by atoms with Gasteiger partial charge in [-0.1, -0.05) is 13.0 Å². The summed E-state index contributed by atoms with van der Waals surface area (Å²) >= 11 is 1.53. The summed E-state index contributed by atoms with van der Waals surface area (Å²) in [4.78, 5) is 27.0. The summed E-state index contributed by atoms with van der Waals surface area (Å²) in [5.41, 5.74) is 1.00. The zero-order valence-corrected chi connectivity index (χ0v) is 16.1. The minimum Gasteiger partial charge on any atom is -0.356 e. The van der Waals surface area contributed by atoms with Crippen LogP contribution in [-0.2, 0) is 0 Å². The number of thiophene rings is 1. The highest BCUT2D eigenvalue weighted by Crippen LogP contribution is 2.24. The van der Waals surface area contributed by atoms with Gasteiger partial charge in [-0.3, -0.25) is 4.79 Å². The molecule has 0 atom stereocenters. The monoisotopic (exact) mass is 358 g/mol. The highest BCUT2D eigenvalue weighted by atomic mass is 32.1. The number of aryl methyl sites for hydroxylation is 2. The standard InChI is InChI=1S/C19H26N4OS/c1-4-9-23(19(24)17-6-5-12-25-17)16-7-10-22(11-8-16)18-13-14(2)20-15(3)21-18/h5-6,12-13,16H,4,7-11H2,1-3H3. The van der Waals surface area contributed by atoms with Crippen molar-refractivity contribution in [3.05, 3.63) is 40.0 Å². The minimum atomic E-state index is 0.184. The second-order valence-electron chi connectivity index (χ2n) is 6.61. The zero-order valence-electron chi connectivity index (χ0n) is 15.2. The van der Waals surface area contributed by atoms with Crippen molar-refractivity contribution in [3.8, 4) is 0 Å². The van der Waals surface area contributed by atoms with Crippen molar-refractivity contribution in [2.45, 2.75) is 46.1 Å². The summed E-state index contributed by atoms with van der Waals surface area (Å²) in [6, 6.07) is 6.24. The van der Waals surface area contributed by atoms with Gasteiger partial charge < -0.3 is 9.80 Å². The van der Waals surface area contributed by atoms with Crippen LogP contribution >= 0.6 is 11.3 Å². The number of anilines is 1. The van der Waals surface area contributed by atoms with Gasteiger partial charge >= 0.3 is 0 Å². The summed E-state index contributed by atoms with van der Waals surface area (Å²) in [6.07, 6.45) is 2.96. The molecule has 6 heteroatoms. The molecule has 1 fully saturated rings. The molecule has 5 nitrogen and oxygen atoms in total. The van der Waals surface area contributed by atoms with Crippen molar-refractivity contribution in [1.29, 1.82) is 0 Å². The van der Waals surface area contributed by atoms with Crippen molar-refractivity contribution in [2.24, 2.45) is 0 Å². The minimum absolute atomic E-state index is 0.184. The predicted octanol–water partition coefficient (Wildman–Crippen LogP) is 3.68. The molecule has 0 spiro atoms. The zero-order chi connectivity index (χ0) is 17.8. The molecule has 0 aromatic carbocycles. The number of carbonyl (C=O) groups is 1. The molecule has 3 heterocycles. The Kier molecular flexibility index (Phi) is 5.68. The molecule has 0 aliphatic carbocycles. The molecule has 1 aliphatic rings. The first-order valence-corrected chi connectivity index (χ1v) is 9.88. The molecule has 1 saturated heterocycles. The van der Waals surface area contributed by atoms with Crippen LogP contribution in [-0.4, -0.2) is 46.5 Å². The number of carbonyl (C=O) groups excluding carboxylic acids is 1. The predicted molar refractivity (Wildman–Crippen MR) is 102 cm³/mol. The molecular formula is C19H26N4OS. The Morgan fingerprint density at radius 1 is 1.32 bits per heavy atom. The van der Waals surface area contributed by atoms with Crippen molar-refractivity contribution in [2.75, 3.05) is 24.5 Å². The molecule has 0 bridgehead atoms. The van der Waals surface area contributed by atoms with Crippen LogP contribution in [0.1, 0.15) is 47.4 Å². The fraction of sp³-hybridized carbons (Fsp3) is 0.526. The van der Waals surface area contributed by atoms with Crippen LogP contribution in [0.4, 0.5) is 5.82 Å². The Bertz CT molecular complexity index is 688. The summed E-state index contributed by atoms with van der Waals surface area (Å²) in [6.45, 7) is 8.76. The van der Waals surface area contributed by atoms with E-state index in [4.69, 9.17) is 0 Å². The molecule has 2 aromatic heterocycles. The van der Waals surface area contributed by atoms with E-state index in [0.29, 0.717) is 6.04 Å². The fourth-order valence-electron chi connectivity index (χ4n) is 3.50. The number of amides is 1.